The zero-order chi connectivity index (χ0) is 25.1. The zero-order valence-corrected chi connectivity index (χ0v) is 19.6. The van der Waals surface area contributed by atoms with Gasteiger partial charge in [-0.2, -0.15) is 23.3 Å². The molecule has 0 saturated carbocycles. The van der Waals surface area contributed by atoms with Crippen molar-refractivity contribution in [1.82, 2.24) is 0 Å². The Morgan fingerprint density at radius 2 is 1.61 bits per heavy atom. The van der Waals surface area contributed by atoms with Crippen molar-refractivity contribution in [3.8, 4) is 11.3 Å². The van der Waals surface area contributed by atoms with Gasteiger partial charge in [-0.3, -0.25) is 4.79 Å². The molecule has 0 spiro atoms. The van der Waals surface area contributed by atoms with Crippen molar-refractivity contribution in [2.45, 2.75) is 11.1 Å². The molecular formula is C28H19F3N2O2S. The van der Waals surface area contributed by atoms with Crippen LogP contribution in [0.5, 0.6) is 0 Å². The number of thioether (sulfide) groups is 1. The number of carbonyl (C=O) groups is 1. The number of amides is 1. The summed E-state index contributed by atoms with van der Waals surface area (Å²) in [5.74, 6) is 0.766. The van der Waals surface area contributed by atoms with E-state index in [0.29, 0.717) is 34.0 Å². The molecule has 36 heavy (non-hydrogen) atoms. The largest absolute Gasteiger partial charge is 0.457 e. The quantitative estimate of drug-likeness (QED) is 0.201. The summed E-state index contributed by atoms with van der Waals surface area (Å²) in [5.41, 5.74) is 1.12. The maximum absolute atomic E-state index is 13.3. The van der Waals surface area contributed by atoms with Crippen LogP contribution in [0.3, 0.4) is 0 Å². The molecule has 1 aliphatic rings. The summed E-state index contributed by atoms with van der Waals surface area (Å²) in [7, 11) is 0. The lowest BCUT2D eigenvalue weighted by Crippen LogP contribution is -2.21. The van der Waals surface area contributed by atoms with Crippen molar-refractivity contribution < 1.29 is 22.4 Å². The molecule has 0 N–H and O–H groups in total. The number of anilines is 1. The number of nitrogens with zero attached hydrogens (tertiary/aromatic N) is 2. The van der Waals surface area contributed by atoms with Crippen molar-refractivity contribution in [3.63, 3.8) is 0 Å². The molecule has 4 nitrogen and oxygen atoms in total. The van der Waals surface area contributed by atoms with Gasteiger partial charge in [0.25, 0.3) is 5.91 Å². The molecule has 0 radical (unpaired) electrons. The SMILES string of the molecule is O=C1/C(=C\c2ccc(-c3cccc(C(F)(F)F)c3)o2)C(CSc2ccccc2)=NN1c1ccccc1. The first-order valence-corrected chi connectivity index (χ1v) is 12.0. The van der Waals surface area contributed by atoms with E-state index in [1.165, 1.54) is 11.1 Å². The predicted molar refractivity (Wildman–Crippen MR) is 136 cm³/mol. The highest BCUT2D eigenvalue weighted by molar-refractivity contribution is 8.00. The fourth-order valence-electron chi connectivity index (χ4n) is 3.70. The van der Waals surface area contributed by atoms with Crippen LogP contribution in [0.25, 0.3) is 17.4 Å². The van der Waals surface area contributed by atoms with Gasteiger partial charge in [0.15, 0.2) is 0 Å². The number of furan rings is 1. The van der Waals surface area contributed by atoms with E-state index in [2.05, 4.69) is 5.10 Å². The van der Waals surface area contributed by atoms with E-state index in [0.717, 1.165) is 17.0 Å². The average molecular weight is 505 g/mol. The van der Waals surface area contributed by atoms with Crippen molar-refractivity contribution in [3.05, 3.63) is 114 Å². The molecule has 5 rings (SSSR count). The third-order valence-electron chi connectivity index (χ3n) is 5.46. The van der Waals surface area contributed by atoms with Gasteiger partial charge in [0.2, 0.25) is 0 Å². The number of hydrogen-bond donors (Lipinski definition) is 0. The Labute approximate surface area is 209 Å². The number of rotatable bonds is 6. The maximum Gasteiger partial charge on any atom is 0.416 e. The van der Waals surface area contributed by atoms with Gasteiger partial charge >= 0.3 is 6.18 Å². The summed E-state index contributed by atoms with van der Waals surface area (Å²) in [6.07, 6.45) is -2.86. The highest BCUT2D eigenvalue weighted by Crippen LogP contribution is 2.34. The Bertz CT molecular complexity index is 1440. The summed E-state index contributed by atoms with van der Waals surface area (Å²) in [6.45, 7) is 0. The minimum absolute atomic E-state index is 0.274. The summed E-state index contributed by atoms with van der Waals surface area (Å²) >= 11 is 1.55. The van der Waals surface area contributed by atoms with Crippen LogP contribution in [0.2, 0.25) is 0 Å². The molecule has 0 aliphatic carbocycles. The van der Waals surface area contributed by atoms with Crippen molar-refractivity contribution in [2.75, 3.05) is 10.8 Å². The fourth-order valence-corrected chi connectivity index (χ4v) is 4.56. The van der Waals surface area contributed by atoms with Crippen LogP contribution in [-0.4, -0.2) is 17.4 Å². The monoisotopic (exact) mass is 504 g/mol. The Morgan fingerprint density at radius 1 is 0.889 bits per heavy atom. The van der Waals surface area contributed by atoms with Crippen LogP contribution in [0.15, 0.2) is 117 Å². The lowest BCUT2D eigenvalue weighted by Gasteiger charge is -2.10. The molecule has 8 heteroatoms. The first-order chi connectivity index (χ1) is 17.4. The van der Waals surface area contributed by atoms with E-state index in [1.54, 1.807) is 48.2 Å². The molecule has 180 valence electrons. The minimum Gasteiger partial charge on any atom is -0.457 e. The molecule has 0 unspecified atom stereocenters. The lowest BCUT2D eigenvalue weighted by atomic mass is 10.1. The molecule has 1 aromatic heterocycles. The number of benzene rings is 3. The van der Waals surface area contributed by atoms with Gasteiger partial charge in [-0.15, -0.1) is 11.8 Å². The van der Waals surface area contributed by atoms with Crippen LogP contribution in [0.1, 0.15) is 11.3 Å². The van der Waals surface area contributed by atoms with Crippen LogP contribution in [0.4, 0.5) is 18.9 Å². The summed E-state index contributed by atoms with van der Waals surface area (Å²) in [6, 6.07) is 27.0. The van der Waals surface area contributed by atoms with Crippen LogP contribution < -0.4 is 5.01 Å². The lowest BCUT2D eigenvalue weighted by molar-refractivity contribution is -0.137. The fraction of sp³-hybridized carbons (Fsp3) is 0.0714. The summed E-state index contributed by atoms with van der Waals surface area (Å²) in [4.78, 5) is 14.4. The first kappa shape index (κ1) is 23.7. The van der Waals surface area contributed by atoms with Crippen LogP contribution in [0, 0.1) is 0 Å². The van der Waals surface area contributed by atoms with Gasteiger partial charge in [0, 0.05) is 16.2 Å². The highest BCUT2D eigenvalue weighted by atomic mass is 32.2. The molecular weight excluding hydrogens is 485 g/mol. The molecule has 1 amide bonds. The Morgan fingerprint density at radius 3 is 2.33 bits per heavy atom. The van der Waals surface area contributed by atoms with E-state index in [-0.39, 0.29) is 11.7 Å². The molecule has 1 aliphatic heterocycles. The molecule has 0 bridgehead atoms. The number of hydrazone groups is 1. The molecule has 0 atom stereocenters. The maximum atomic E-state index is 13.3. The minimum atomic E-state index is -4.45. The number of para-hydroxylation sites is 1. The summed E-state index contributed by atoms with van der Waals surface area (Å²) < 4.78 is 45.2. The normalized spacial score (nSPS) is 15.0. The third-order valence-corrected chi connectivity index (χ3v) is 6.48. The average Bonchev–Trinajstić information content (AvgIpc) is 3.49. The standard InChI is InChI=1S/C28H19F3N2O2S/c29-28(30,31)20-9-7-8-19(16-20)26-15-14-22(35-26)17-24-25(18-36-23-12-5-2-6-13-23)32-33(27(24)34)21-10-3-1-4-11-21/h1-17H,18H2/b24-17-. The van der Waals surface area contributed by atoms with E-state index in [9.17, 15) is 18.0 Å². The topological polar surface area (TPSA) is 45.8 Å². The van der Waals surface area contributed by atoms with Crippen molar-refractivity contribution in [1.29, 1.82) is 0 Å². The Kier molecular flexibility index (Phi) is 6.52. The zero-order valence-electron chi connectivity index (χ0n) is 18.8. The van der Waals surface area contributed by atoms with Gasteiger partial charge in [-0.1, -0.05) is 48.5 Å². The van der Waals surface area contributed by atoms with Gasteiger partial charge in [0.05, 0.1) is 22.5 Å². The van der Waals surface area contributed by atoms with Crippen LogP contribution >= 0.6 is 11.8 Å². The second-order valence-electron chi connectivity index (χ2n) is 7.94. The van der Waals surface area contributed by atoms with E-state index < -0.39 is 11.7 Å². The second-order valence-corrected chi connectivity index (χ2v) is 8.99. The summed E-state index contributed by atoms with van der Waals surface area (Å²) in [5, 5.41) is 5.93. The molecule has 0 saturated heterocycles. The second kappa shape index (κ2) is 9.91. The van der Waals surface area contributed by atoms with Crippen molar-refractivity contribution >= 4 is 35.1 Å². The smallest absolute Gasteiger partial charge is 0.416 e. The van der Waals surface area contributed by atoms with E-state index >= 15 is 0 Å². The van der Waals surface area contributed by atoms with Gasteiger partial charge < -0.3 is 4.42 Å². The Balaban J connectivity index is 1.45. The number of halogens is 3. The number of carbonyl (C=O) groups excluding carboxylic acids is 1. The molecule has 2 heterocycles. The van der Waals surface area contributed by atoms with E-state index in [4.69, 9.17) is 4.42 Å². The molecule has 4 aromatic rings. The van der Waals surface area contributed by atoms with Gasteiger partial charge in [-0.25, -0.2) is 0 Å². The van der Waals surface area contributed by atoms with E-state index in [1.807, 2.05) is 48.5 Å². The van der Waals surface area contributed by atoms with Crippen LogP contribution in [-0.2, 0) is 11.0 Å². The Hall–Kier alpha value is -4.04. The molecule has 0 fully saturated rings. The number of hydrogen-bond acceptors (Lipinski definition) is 4. The van der Waals surface area contributed by atoms with Gasteiger partial charge in [-0.05, 0) is 54.6 Å². The molecule has 3 aromatic carbocycles. The number of alkyl halides is 3. The van der Waals surface area contributed by atoms with Gasteiger partial charge in [0.1, 0.15) is 11.5 Å². The third kappa shape index (κ3) is 5.13. The highest BCUT2D eigenvalue weighted by Gasteiger charge is 2.32. The first-order valence-electron chi connectivity index (χ1n) is 11.0. The van der Waals surface area contributed by atoms with Crippen molar-refractivity contribution in [2.24, 2.45) is 5.10 Å². The predicted octanol–water partition coefficient (Wildman–Crippen LogP) is 7.54.